The summed E-state index contributed by atoms with van der Waals surface area (Å²) in [7, 11) is 2.00. The Bertz CT molecular complexity index is 3760. The van der Waals surface area contributed by atoms with Crippen LogP contribution >= 0.6 is 31.9 Å². The number of nitro groups is 1. The number of hydrogen-bond donors (Lipinski definition) is 6. The summed E-state index contributed by atoms with van der Waals surface area (Å²) >= 11 is 6.35. The van der Waals surface area contributed by atoms with Crippen LogP contribution < -0.4 is 32.3 Å². The summed E-state index contributed by atoms with van der Waals surface area (Å²) in [6.07, 6.45) is 22.8. The second kappa shape index (κ2) is 47.4. The van der Waals surface area contributed by atoms with Crippen molar-refractivity contribution in [2.24, 2.45) is 11.5 Å². The van der Waals surface area contributed by atoms with Gasteiger partial charge in [-0.25, -0.2) is 14.8 Å². The number of carbonyl (C=O) groups excluding carboxylic acids is 2. The van der Waals surface area contributed by atoms with Crippen LogP contribution in [0.5, 0.6) is 0 Å². The van der Waals surface area contributed by atoms with Gasteiger partial charge in [0.15, 0.2) is 0 Å². The third-order valence-electron chi connectivity index (χ3n) is 19.6. The summed E-state index contributed by atoms with van der Waals surface area (Å²) < 4.78 is 16.9. The fourth-order valence-corrected chi connectivity index (χ4v) is 14.5. The number of aromatic nitrogens is 3. The molecule has 3 aromatic heterocycles. The molecule has 7 heterocycles. The highest BCUT2D eigenvalue weighted by atomic mass is 79.9. The molecule has 4 fully saturated rings. The molecule has 0 unspecified atom stereocenters. The number of carbonyl (C=O) groups is 3. The highest BCUT2D eigenvalue weighted by molar-refractivity contribution is 9.10. The number of rotatable bonds is 18. The summed E-state index contributed by atoms with van der Waals surface area (Å²) in [4.78, 5) is 69.0. The molecule has 2 amide bonds. The van der Waals surface area contributed by atoms with Crippen LogP contribution in [0, 0.1) is 10.1 Å². The number of carboxylic acid groups (broad SMARTS) is 1. The van der Waals surface area contributed by atoms with Crippen LogP contribution in [0.1, 0.15) is 173 Å². The number of unbranched alkanes of at least 4 members (excludes halogenated alkanes) is 1. The molecular formula is C82H111Br2N13O9. The van der Waals surface area contributed by atoms with Gasteiger partial charge in [0.1, 0.15) is 9.21 Å². The number of benzene rings is 4. The van der Waals surface area contributed by atoms with Gasteiger partial charge in [-0.3, -0.25) is 39.4 Å². The molecule has 22 nitrogen and oxygen atoms in total. The molecule has 7 aromatic rings. The van der Waals surface area contributed by atoms with Gasteiger partial charge >= 0.3 is 5.97 Å². The summed E-state index contributed by atoms with van der Waals surface area (Å²) in [6, 6.07) is 40.3. The summed E-state index contributed by atoms with van der Waals surface area (Å²) in [5, 5.41) is 29.7. The molecule has 4 saturated heterocycles. The normalized spacial score (nSPS) is 18.3. The molecule has 0 spiro atoms. The fourth-order valence-electron chi connectivity index (χ4n) is 13.8. The number of hydrogen-bond acceptors (Lipinski definition) is 18. The number of fused-ring (bicyclic) bond motifs is 3. The number of anilines is 1. The van der Waals surface area contributed by atoms with Crippen molar-refractivity contribution in [3.63, 3.8) is 0 Å². The number of ether oxygens (including phenoxy) is 3. The Labute approximate surface area is 643 Å². The number of nitrogens with zero attached hydrogens (tertiary/aromatic N) is 8. The van der Waals surface area contributed by atoms with Crippen molar-refractivity contribution in [1.82, 2.24) is 45.6 Å². The lowest BCUT2D eigenvalue weighted by molar-refractivity contribution is -0.384. The maximum Gasteiger partial charge on any atom is 0.335 e. The molecule has 572 valence electrons. The minimum absolute atomic E-state index is 0.00738. The third-order valence-corrected chi connectivity index (χ3v) is 20.5. The maximum atomic E-state index is 13.2. The number of nitrogens with two attached hydrogens (primary N) is 2. The van der Waals surface area contributed by atoms with Gasteiger partial charge in [-0.2, -0.15) is 0 Å². The van der Waals surface area contributed by atoms with Crippen LogP contribution in [0.25, 0.3) is 11.3 Å². The van der Waals surface area contributed by atoms with Crippen LogP contribution in [0.3, 0.4) is 0 Å². The Hall–Kier alpha value is -7.46. The van der Waals surface area contributed by atoms with Gasteiger partial charge in [-0.1, -0.05) is 86.1 Å². The lowest BCUT2D eigenvalue weighted by Crippen LogP contribution is -2.37. The number of aromatic carboxylic acids is 1. The first-order valence-corrected chi connectivity index (χ1v) is 39.6. The average molecular weight is 1580 g/mol. The molecule has 8 N–H and O–H groups in total. The van der Waals surface area contributed by atoms with Crippen molar-refractivity contribution in [3.05, 3.63) is 215 Å². The lowest BCUT2D eigenvalue weighted by Gasteiger charge is -2.29. The van der Waals surface area contributed by atoms with Gasteiger partial charge in [0.25, 0.3) is 17.5 Å². The van der Waals surface area contributed by atoms with Crippen molar-refractivity contribution >= 4 is 61.0 Å². The minimum Gasteiger partial charge on any atom is -0.478 e. The van der Waals surface area contributed by atoms with Crippen molar-refractivity contribution in [2.75, 3.05) is 137 Å². The highest BCUT2D eigenvalue weighted by Crippen LogP contribution is 2.36. The third kappa shape index (κ3) is 28.6. The largest absolute Gasteiger partial charge is 0.478 e. The van der Waals surface area contributed by atoms with Crippen LogP contribution in [-0.4, -0.2) is 189 Å². The van der Waals surface area contributed by atoms with Gasteiger partial charge in [-0.15, -0.1) is 0 Å². The smallest absolute Gasteiger partial charge is 0.335 e. The molecule has 14 rings (SSSR count). The van der Waals surface area contributed by atoms with E-state index in [1.165, 1.54) is 103 Å². The Morgan fingerprint density at radius 3 is 1.48 bits per heavy atom. The second-order valence-electron chi connectivity index (χ2n) is 27.2. The molecular weight excluding hydrogens is 1470 g/mol. The quantitative estimate of drug-likeness (QED) is 0.0201. The van der Waals surface area contributed by atoms with Crippen molar-refractivity contribution in [2.45, 2.75) is 128 Å². The number of morpholine rings is 3. The summed E-state index contributed by atoms with van der Waals surface area (Å²) in [5.41, 5.74) is 22.3. The average Bonchev–Trinajstić information content (AvgIpc) is 0.786. The summed E-state index contributed by atoms with van der Waals surface area (Å²) in [5.74, 6) is -1.18. The van der Waals surface area contributed by atoms with Gasteiger partial charge in [0.2, 0.25) is 0 Å². The Kier molecular flexibility index (Phi) is 37.6. The molecule has 0 radical (unpaired) electrons. The topological polar surface area (TPSA) is 282 Å². The van der Waals surface area contributed by atoms with E-state index in [0.717, 1.165) is 182 Å². The zero-order valence-electron chi connectivity index (χ0n) is 62.0. The molecule has 4 aliphatic heterocycles. The predicted octanol–water partition coefficient (Wildman–Crippen LogP) is 13.4. The van der Waals surface area contributed by atoms with E-state index in [-0.39, 0.29) is 40.1 Å². The zero-order chi connectivity index (χ0) is 75.1. The zero-order valence-corrected chi connectivity index (χ0v) is 65.2. The minimum atomic E-state index is -0.942. The van der Waals surface area contributed by atoms with Gasteiger partial charge in [0.05, 0.1) is 73.5 Å². The standard InChI is InChI=1S/C27H28N4O3.C16H15BrN2O.C10H13N.C8H18N2O.C8H17NO.C7H16N2O.C6H4BrNO2/c32-27(29-24-10-6-8-19-7-2-3-9-22(19)24)20-13-14-28-25(17-20)23-18-21(11-12-26(23)31(33)34)30-15-4-1-5-16-30;17-15-10-12(8-9-18-15)16(20)19-14-7-3-5-11-4-1-2-6-13(11)14;11-10-7-3-5-8-4-1-2-6-9(8)10;1-9-3-2-4-10-5-7-11-8-6-10;1-2-3-4-9-5-7-10-8-6-9;8-2-1-3-9-4-6-10-7-5-9;7-5-3-4(6(9)10)1-2-8-5/h2-3,7,9,11-14,17-18,24H,1,4-6,8,10,15-16H2,(H,29,32);1-2,4,6,8-10,14H,3,5,7H2,(H,19,20);1-2,4,6,10H,3,5,7,11H2;9H,2-8H2,1H3;2-8H2,1H3;1-8H2;1-3H,(H,9,10)/t24-;14-;10-;;;;/m000..../s1. The SMILES string of the molecule is CCCCN1CCOCC1.CNCCCN1CCOCC1.NCCCN1CCOCC1.N[C@H]1CCCc2ccccc21.O=C(N[C@H]1CCCc2ccccc21)c1ccnc(-c2cc(N3CCCCC3)ccc2[N+](=O)[O-])c1.O=C(N[C@H]1CCCc2ccccc21)c1ccnc(Br)c1.O=C(O)c1ccnc(Br)c1. The maximum absolute atomic E-state index is 13.2. The van der Waals surface area contributed by atoms with Crippen LogP contribution in [-0.2, 0) is 33.5 Å². The van der Waals surface area contributed by atoms with Gasteiger partial charge in [0, 0.05) is 99.9 Å². The fraction of sp³-hybridized carbons (Fsp3) is 0.488. The second-order valence-corrected chi connectivity index (χ2v) is 28.8. The molecule has 7 aliphatic rings. The number of pyridine rings is 3. The number of halogens is 2. The van der Waals surface area contributed by atoms with Crippen molar-refractivity contribution < 1.29 is 38.6 Å². The van der Waals surface area contributed by atoms with Crippen molar-refractivity contribution in [3.8, 4) is 11.3 Å². The predicted molar refractivity (Wildman–Crippen MR) is 428 cm³/mol. The lowest BCUT2D eigenvalue weighted by atomic mass is 9.87. The van der Waals surface area contributed by atoms with E-state index in [1.807, 2.05) is 37.4 Å². The molecule has 106 heavy (non-hydrogen) atoms. The van der Waals surface area contributed by atoms with Gasteiger partial charge < -0.3 is 51.6 Å². The van der Waals surface area contributed by atoms with E-state index >= 15 is 0 Å². The molecule has 4 aromatic carbocycles. The van der Waals surface area contributed by atoms with E-state index < -0.39 is 5.97 Å². The molecule has 24 heteroatoms. The Morgan fingerprint density at radius 2 is 1.01 bits per heavy atom. The van der Waals surface area contributed by atoms with Crippen molar-refractivity contribution in [1.29, 1.82) is 0 Å². The number of carboxylic acids is 1. The molecule has 3 atom stereocenters. The first kappa shape index (κ1) is 84.2. The van der Waals surface area contributed by atoms with E-state index in [2.05, 4.69) is 144 Å². The number of piperidine rings is 1. The number of nitro benzene ring substituents is 1. The van der Waals surface area contributed by atoms with E-state index in [4.69, 9.17) is 30.8 Å². The Morgan fingerprint density at radius 1 is 0.557 bits per heavy atom. The van der Waals surface area contributed by atoms with Crippen LogP contribution in [0.4, 0.5) is 11.4 Å². The van der Waals surface area contributed by atoms with Gasteiger partial charge in [-0.05, 0) is 250 Å². The molecule has 0 saturated carbocycles. The number of aryl methyl sites for hydroxylation is 3. The van der Waals surface area contributed by atoms with E-state index in [1.54, 1.807) is 42.7 Å². The number of nitrogens with one attached hydrogen (secondary N) is 3. The molecule has 3 aliphatic carbocycles. The monoisotopic (exact) mass is 1580 g/mol. The van der Waals surface area contributed by atoms with E-state index in [9.17, 15) is 24.5 Å². The summed E-state index contributed by atoms with van der Waals surface area (Å²) in [6.45, 7) is 21.8. The molecule has 0 bridgehead atoms. The Balaban J connectivity index is 0.000000168. The van der Waals surface area contributed by atoms with Crippen LogP contribution in [0.2, 0.25) is 0 Å². The first-order valence-electron chi connectivity index (χ1n) is 38.0. The first-order chi connectivity index (χ1) is 51.7. The van der Waals surface area contributed by atoms with Crippen LogP contribution in [0.15, 0.2) is 155 Å². The van der Waals surface area contributed by atoms with E-state index in [0.29, 0.717) is 37.6 Å². The highest BCUT2D eigenvalue weighted by Gasteiger charge is 2.26. The number of amides is 2.